The van der Waals surface area contributed by atoms with Crippen molar-refractivity contribution >= 4 is 11.0 Å². The highest BCUT2D eigenvalue weighted by Gasteiger charge is 2.22. The molecule has 0 spiro atoms. The van der Waals surface area contributed by atoms with E-state index >= 15 is 0 Å². The smallest absolute Gasteiger partial charge is 0.326 e. The molecule has 4 aromatic rings. The molecule has 2 aromatic carbocycles. The fraction of sp³-hybridized carbons (Fsp3) is 0.318. The number of benzene rings is 2. The van der Waals surface area contributed by atoms with E-state index in [0.717, 1.165) is 29.4 Å². The van der Waals surface area contributed by atoms with Crippen LogP contribution in [-0.4, -0.2) is 33.9 Å². The molecular formula is C22H22N4O4. The Labute approximate surface area is 172 Å². The number of aromatic nitrogens is 4. The SMILES string of the molecule is COc1cccc(-c2nc(-c3ccc4c(c3)[nH]c(=O)n4C3CCCC3)no2)c1OC. The number of fused-ring (bicyclic) bond motifs is 1. The van der Waals surface area contributed by atoms with Crippen molar-refractivity contribution in [2.24, 2.45) is 0 Å². The molecule has 0 atom stereocenters. The molecule has 1 aliphatic rings. The van der Waals surface area contributed by atoms with Crippen LogP contribution in [0.15, 0.2) is 45.7 Å². The van der Waals surface area contributed by atoms with Crippen molar-refractivity contribution in [2.45, 2.75) is 31.7 Å². The first-order valence-corrected chi connectivity index (χ1v) is 9.99. The molecule has 1 saturated carbocycles. The van der Waals surface area contributed by atoms with Crippen molar-refractivity contribution in [3.05, 3.63) is 46.9 Å². The molecule has 30 heavy (non-hydrogen) atoms. The fourth-order valence-corrected chi connectivity index (χ4v) is 4.30. The van der Waals surface area contributed by atoms with Crippen molar-refractivity contribution in [3.63, 3.8) is 0 Å². The summed E-state index contributed by atoms with van der Waals surface area (Å²) in [5, 5.41) is 4.13. The largest absolute Gasteiger partial charge is 0.493 e. The Morgan fingerprint density at radius 1 is 1.13 bits per heavy atom. The van der Waals surface area contributed by atoms with Gasteiger partial charge in [0.15, 0.2) is 11.5 Å². The van der Waals surface area contributed by atoms with Crippen molar-refractivity contribution < 1.29 is 14.0 Å². The van der Waals surface area contributed by atoms with Crippen molar-refractivity contribution in [1.82, 2.24) is 19.7 Å². The maximum atomic E-state index is 12.5. The normalized spacial score (nSPS) is 14.5. The maximum Gasteiger partial charge on any atom is 0.326 e. The van der Waals surface area contributed by atoms with E-state index in [9.17, 15) is 4.79 Å². The number of para-hydroxylation sites is 1. The summed E-state index contributed by atoms with van der Waals surface area (Å²) in [4.78, 5) is 20.0. The van der Waals surface area contributed by atoms with Gasteiger partial charge in [-0.2, -0.15) is 4.98 Å². The van der Waals surface area contributed by atoms with Crippen LogP contribution in [0.2, 0.25) is 0 Å². The minimum Gasteiger partial charge on any atom is -0.493 e. The third-order valence-electron chi connectivity index (χ3n) is 5.72. The molecule has 1 fully saturated rings. The summed E-state index contributed by atoms with van der Waals surface area (Å²) < 4.78 is 18.2. The van der Waals surface area contributed by atoms with E-state index in [1.165, 1.54) is 12.8 Å². The maximum absolute atomic E-state index is 12.5. The lowest BCUT2D eigenvalue weighted by Gasteiger charge is -2.11. The predicted molar refractivity (Wildman–Crippen MR) is 112 cm³/mol. The second kappa shape index (κ2) is 7.37. The van der Waals surface area contributed by atoms with Gasteiger partial charge in [0.2, 0.25) is 5.82 Å². The van der Waals surface area contributed by atoms with E-state index in [2.05, 4.69) is 15.1 Å². The van der Waals surface area contributed by atoms with Gasteiger partial charge in [-0.15, -0.1) is 0 Å². The van der Waals surface area contributed by atoms with E-state index in [1.807, 2.05) is 34.9 Å². The molecule has 8 heteroatoms. The number of hydrogen-bond acceptors (Lipinski definition) is 6. The Hall–Kier alpha value is -3.55. The minimum atomic E-state index is -0.0658. The highest BCUT2D eigenvalue weighted by atomic mass is 16.5. The molecule has 0 aliphatic heterocycles. The van der Waals surface area contributed by atoms with E-state index in [1.54, 1.807) is 20.3 Å². The highest BCUT2D eigenvalue weighted by Crippen LogP contribution is 2.38. The number of nitrogens with one attached hydrogen (secondary N) is 1. The fourth-order valence-electron chi connectivity index (χ4n) is 4.30. The molecule has 2 heterocycles. The standard InChI is InChI=1S/C22H22N4O4/c1-28-18-9-5-8-15(19(18)29-2)21-24-20(25-30-21)13-10-11-17-16(12-13)23-22(27)26(17)14-6-3-4-7-14/h5,8-12,14H,3-4,6-7H2,1-2H3,(H,23,27). The Balaban J connectivity index is 1.53. The zero-order valence-corrected chi connectivity index (χ0v) is 16.8. The summed E-state index contributed by atoms with van der Waals surface area (Å²) in [6.07, 6.45) is 4.43. The number of ether oxygens (including phenoxy) is 2. The third-order valence-corrected chi connectivity index (χ3v) is 5.72. The first-order chi connectivity index (χ1) is 14.7. The number of nitrogens with zero attached hydrogens (tertiary/aromatic N) is 3. The lowest BCUT2D eigenvalue weighted by atomic mass is 10.1. The summed E-state index contributed by atoms with van der Waals surface area (Å²) in [6, 6.07) is 11.5. The summed E-state index contributed by atoms with van der Waals surface area (Å²) >= 11 is 0. The summed E-state index contributed by atoms with van der Waals surface area (Å²) in [7, 11) is 3.15. The number of rotatable bonds is 5. The summed E-state index contributed by atoms with van der Waals surface area (Å²) in [6.45, 7) is 0. The average Bonchev–Trinajstić information content (AvgIpc) is 3.51. The van der Waals surface area contributed by atoms with Crippen LogP contribution >= 0.6 is 0 Å². The Kier molecular flexibility index (Phi) is 4.54. The third kappa shape index (κ3) is 2.96. The van der Waals surface area contributed by atoms with Crippen LogP contribution in [0.25, 0.3) is 33.9 Å². The number of hydrogen-bond donors (Lipinski definition) is 1. The van der Waals surface area contributed by atoms with Crippen LogP contribution in [0.5, 0.6) is 11.5 Å². The number of imidazole rings is 1. The number of aromatic amines is 1. The predicted octanol–water partition coefficient (Wildman–Crippen LogP) is 4.18. The number of methoxy groups -OCH3 is 2. The Bertz CT molecular complexity index is 1260. The molecule has 0 unspecified atom stereocenters. The van der Waals surface area contributed by atoms with Crippen LogP contribution < -0.4 is 15.2 Å². The van der Waals surface area contributed by atoms with Gasteiger partial charge in [-0.25, -0.2) is 4.79 Å². The molecule has 1 N–H and O–H groups in total. The van der Waals surface area contributed by atoms with Crippen LogP contribution in [0.3, 0.4) is 0 Å². The quantitative estimate of drug-likeness (QED) is 0.534. The van der Waals surface area contributed by atoms with Crippen molar-refractivity contribution in [1.29, 1.82) is 0 Å². The molecule has 1 aliphatic carbocycles. The second-order valence-electron chi connectivity index (χ2n) is 7.43. The van der Waals surface area contributed by atoms with Crippen LogP contribution in [0.4, 0.5) is 0 Å². The summed E-state index contributed by atoms with van der Waals surface area (Å²) in [5.74, 6) is 1.88. The topological polar surface area (TPSA) is 95.2 Å². The lowest BCUT2D eigenvalue weighted by molar-refractivity contribution is 0.353. The monoisotopic (exact) mass is 406 g/mol. The Morgan fingerprint density at radius 3 is 2.73 bits per heavy atom. The highest BCUT2D eigenvalue weighted by molar-refractivity contribution is 5.81. The molecule has 5 rings (SSSR count). The average molecular weight is 406 g/mol. The first kappa shape index (κ1) is 18.5. The molecule has 2 aromatic heterocycles. The number of H-pyrrole nitrogens is 1. The Morgan fingerprint density at radius 2 is 1.97 bits per heavy atom. The van der Waals surface area contributed by atoms with Gasteiger partial charge in [0.1, 0.15) is 0 Å². The van der Waals surface area contributed by atoms with E-state index in [-0.39, 0.29) is 11.7 Å². The summed E-state index contributed by atoms with van der Waals surface area (Å²) in [5.41, 5.74) is 3.03. The van der Waals surface area contributed by atoms with Gasteiger partial charge in [0.05, 0.1) is 30.8 Å². The zero-order valence-electron chi connectivity index (χ0n) is 16.8. The van der Waals surface area contributed by atoms with E-state index < -0.39 is 0 Å². The van der Waals surface area contributed by atoms with Gasteiger partial charge in [0, 0.05) is 11.6 Å². The van der Waals surface area contributed by atoms with Gasteiger partial charge < -0.3 is 19.0 Å². The minimum absolute atomic E-state index is 0.0658. The van der Waals surface area contributed by atoms with Crippen molar-refractivity contribution in [3.8, 4) is 34.3 Å². The molecule has 0 radical (unpaired) electrons. The molecule has 8 nitrogen and oxygen atoms in total. The van der Waals surface area contributed by atoms with Crippen LogP contribution in [-0.2, 0) is 0 Å². The van der Waals surface area contributed by atoms with Gasteiger partial charge >= 0.3 is 5.69 Å². The van der Waals surface area contributed by atoms with Crippen LogP contribution in [0.1, 0.15) is 31.7 Å². The molecule has 0 amide bonds. The van der Waals surface area contributed by atoms with Gasteiger partial charge in [0.25, 0.3) is 5.89 Å². The van der Waals surface area contributed by atoms with Gasteiger partial charge in [-0.1, -0.05) is 24.1 Å². The van der Waals surface area contributed by atoms with E-state index in [0.29, 0.717) is 28.8 Å². The van der Waals surface area contributed by atoms with Crippen LogP contribution in [0, 0.1) is 0 Å². The molecular weight excluding hydrogens is 384 g/mol. The molecule has 0 saturated heterocycles. The van der Waals surface area contributed by atoms with Gasteiger partial charge in [-0.3, -0.25) is 4.57 Å². The molecule has 154 valence electrons. The first-order valence-electron chi connectivity index (χ1n) is 9.99. The lowest BCUT2D eigenvalue weighted by Crippen LogP contribution is -2.20. The molecule has 0 bridgehead atoms. The zero-order chi connectivity index (χ0) is 20.7. The van der Waals surface area contributed by atoms with Gasteiger partial charge in [-0.05, 0) is 43.2 Å². The second-order valence-corrected chi connectivity index (χ2v) is 7.43. The van der Waals surface area contributed by atoms with E-state index in [4.69, 9.17) is 14.0 Å². The van der Waals surface area contributed by atoms with Crippen molar-refractivity contribution in [2.75, 3.05) is 14.2 Å².